The topological polar surface area (TPSA) is 21.3 Å². The van der Waals surface area contributed by atoms with Crippen molar-refractivity contribution in [3.05, 3.63) is 65.2 Å². The molecular formula is C18H21NO. The second-order valence-corrected chi connectivity index (χ2v) is 5.29. The van der Waals surface area contributed by atoms with Crippen molar-refractivity contribution in [3.8, 4) is 5.75 Å². The molecule has 104 valence electrons. The summed E-state index contributed by atoms with van der Waals surface area (Å²) >= 11 is 0. The van der Waals surface area contributed by atoms with Crippen LogP contribution in [-0.4, -0.2) is 6.61 Å². The van der Waals surface area contributed by atoms with Crippen LogP contribution in [0, 0.1) is 0 Å². The van der Waals surface area contributed by atoms with E-state index in [1.165, 1.54) is 16.7 Å². The summed E-state index contributed by atoms with van der Waals surface area (Å²) in [7, 11) is 0. The Balaban J connectivity index is 1.66. The Bertz CT molecular complexity index is 565. The zero-order valence-electron chi connectivity index (χ0n) is 11.9. The maximum absolute atomic E-state index is 5.55. The molecule has 2 aromatic rings. The second-order valence-electron chi connectivity index (χ2n) is 5.29. The molecule has 0 bridgehead atoms. The molecule has 2 nitrogen and oxygen atoms in total. The Morgan fingerprint density at radius 1 is 1.15 bits per heavy atom. The third-order valence-corrected chi connectivity index (χ3v) is 3.92. The van der Waals surface area contributed by atoms with Crippen molar-refractivity contribution in [2.45, 2.75) is 32.4 Å². The zero-order chi connectivity index (χ0) is 13.8. The largest absolute Gasteiger partial charge is 0.493 e. The first kappa shape index (κ1) is 13.2. The van der Waals surface area contributed by atoms with Crippen LogP contribution in [0.4, 0.5) is 0 Å². The fourth-order valence-corrected chi connectivity index (χ4v) is 2.77. The second kappa shape index (κ2) is 6.10. The third kappa shape index (κ3) is 2.86. The summed E-state index contributed by atoms with van der Waals surface area (Å²) in [6, 6.07) is 17.6. The van der Waals surface area contributed by atoms with Gasteiger partial charge in [0.1, 0.15) is 5.75 Å². The van der Waals surface area contributed by atoms with Crippen LogP contribution in [0.5, 0.6) is 5.75 Å². The first-order valence-corrected chi connectivity index (χ1v) is 7.39. The van der Waals surface area contributed by atoms with E-state index in [2.05, 4.69) is 60.8 Å². The van der Waals surface area contributed by atoms with Gasteiger partial charge in [0.15, 0.2) is 0 Å². The van der Waals surface area contributed by atoms with Gasteiger partial charge in [-0.05, 0) is 29.2 Å². The van der Waals surface area contributed by atoms with E-state index in [4.69, 9.17) is 4.74 Å². The van der Waals surface area contributed by atoms with Crippen molar-refractivity contribution in [2.75, 3.05) is 6.61 Å². The first-order chi connectivity index (χ1) is 9.86. The van der Waals surface area contributed by atoms with Crippen LogP contribution in [-0.2, 0) is 13.0 Å². The number of benzene rings is 2. The Labute approximate surface area is 120 Å². The molecule has 0 saturated heterocycles. The lowest BCUT2D eigenvalue weighted by Gasteiger charge is -2.17. The summed E-state index contributed by atoms with van der Waals surface area (Å²) in [5.74, 6) is 1.06. The number of fused-ring (bicyclic) bond motifs is 1. The van der Waals surface area contributed by atoms with E-state index in [1.54, 1.807) is 0 Å². The van der Waals surface area contributed by atoms with Crippen LogP contribution in [0.15, 0.2) is 48.5 Å². The molecule has 1 unspecified atom stereocenters. The highest BCUT2D eigenvalue weighted by Gasteiger charge is 2.13. The van der Waals surface area contributed by atoms with Crippen LogP contribution in [0.2, 0.25) is 0 Å². The van der Waals surface area contributed by atoms with E-state index in [0.29, 0.717) is 6.04 Å². The molecule has 0 aliphatic carbocycles. The SMILES string of the molecule is CCC(NCc1ccc2c(c1)CCO2)c1ccccc1. The predicted molar refractivity (Wildman–Crippen MR) is 82.0 cm³/mol. The molecule has 1 atom stereocenters. The van der Waals surface area contributed by atoms with Gasteiger partial charge in [-0.25, -0.2) is 0 Å². The summed E-state index contributed by atoms with van der Waals surface area (Å²) in [6.07, 6.45) is 2.14. The molecular weight excluding hydrogens is 246 g/mol. The monoisotopic (exact) mass is 267 g/mol. The molecule has 0 saturated carbocycles. The van der Waals surface area contributed by atoms with E-state index in [9.17, 15) is 0 Å². The van der Waals surface area contributed by atoms with Gasteiger partial charge in [-0.1, -0.05) is 49.4 Å². The van der Waals surface area contributed by atoms with Crippen LogP contribution < -0.4 is 10.1 Å². The minimum Gasteiger partial charge on any atom is -0.493 e. The molecule has 0 amide bonds. The average Bonchev–Trinajstić information content (AvgIpc) is 2.96. The minimum atomic E-state index is 0.417. The van der Waals surface area contributed by atoms with Crippen molar-refractivity contribution in [2.24, 2.45) is 0 Å². The van der Waals surface area contributed by atoms with Gasteiger partial charge in [-0.3, -0.25) is 0 Å². The Morgan fingerprint density at radius 2 is 2.00 bits per heavy atom. The lowest BCUT2D eigenvalue weighted by atomic mass is 10.0. The predicted octanol–water partition coefficient (Wildman–Crippen LogP) is 3.86. The minimum absolute atomic E-state index is 0.417. The maximum Gasteiger partial charge on any atom is 0.122 e. The lowest BCUT2D eigenvalue weighted by Crippen LogP contribution is -2.20. The molecule has 1 heterocycles. The fourth-order valence-electron chi connectivity index (χ4n) is 2.77. The van der Waals surface area contributed by atoms with Crippen molar-refractivity contribution >= 4 is 0 Å². The number of nitrogens with one attached hydrogen (secondary N) is 1. The standard InChI is InChI=1S/C18H21NO/c1-2-17(15-6-4-3-5-7-15)19-13-14-8-9-18-16(12-14)10-11-20-18/h3-9,12,17,19H,2,10-11,13H2,1H3. The zero-order valence-corrected chi connectivity index (χ0v) is 11.9. The molecule has 0 fully saturated rings. The van der Waals surface area contributed by atoms with Crippen molar-refractivity contribution in [3.63, 3.8) is 0 Å². The van der Waals surface area contributed by atoms with Crippen LogP contribution >= 0.6 is 0 Å². The summed E-state index contributed by atoms with van der Waals surface area (Å²) in [4.78, 5) is 0. The lowest BCUT2D eigenvalue weighted by molar-refractivity contribution is 0.357. The number of ether oxygens (including phenoxy) is 1. The van der Waals surface area contributed by atoms with Crippen molar-refractivity contribution in [1.82, 2.24) is 5.32 Å². The van der Waals surface area contributed by atoms with E-state index in [1.807, 2.05) is 0 Å². The van der Waals surface area contributed by atoms with Gasteiger partial charge in [0, 0.05) is 19.0 Å². The normalized spacial score (nSPS) is 14.7. The molecule has 0 radical (unpaired) electrons. The summed E-state index contributed by atoms with van der Waals surface area (Å²) in [5.41, 5.74) is 4.04. The first-order valence-electron chi connectivity index (χ1n) is 7.39. The quantitative estimate of drug-likeness (QED) is 0.888. The van der Waals surface area contributed by atoms with Crippen molar-refractivity contribution < 1.29 is 4.74 Å². The Morgan fingerprint density at radius 3 is 2.80 bits per heavy atom. The Kier molecular flexibility index (Phi) is 4.03. The molecule has 1 aliphatic heterocycles. The summed E-state index contributed by atoms with van der Waals surface area (Å²) in [6.45, 7) is 3.95. The summed E-state index contributed by atoms with van der Waals surface area (Å²) in [5, 5.41) is 3.65. The van der Waals surface area contributed by atoms with Gasteiger partial charge in [-0.2, -0.15) is 0 Å². The van der Waals surface area contributed by atoms with E-state index in [-0.39, 0.29) is 0 Å². The van der Waals surface area contributed by atoms with Gasteiger partial charge in [0.05, 0.1) is 6.61 Å². The van der Waals surface area contributed by atoms with Gasteiger partial charge < -0.3 is 10.1 Å². The smallest absolute Gasteiger partial charge is 0.122 e. The number of hydrogen-bond donors (Lipinski definition) is 1. The van der Waals surface area contributed by atoms with Gasteiger partial charge in [0.25, 0.3) is 0 Å². The molecule has 3 rings (SSSR count). The average molecular weight is 267 g/mol. The van der Waals surface area contributed by atoms with Crippen molar-refractivity contribution in [1.29, 1.82) is 0 Å². The number of hydrogen-bond acceptors (Lipinski definition) is 2. The van der Waals surface area contributed by atoms with E-state index < -0.39 is 0 Å². The highest BCUT2D eigenvalue weighted by molar-refractivity contribution is 5.39. The van der Waals surface area contributed by atoms with E-state index in [0.717, 1.165) is 31.7 Å². The van der Waals surface area contributed by atoms with E-state index >= 15 is 0 Å². The molecule has 2 heteroatoms. The fraction of sp³-hybridized carbons (Fsp3) is 0.333. The van der Waals surface area contributed by atoms with Gasteiger partial charge in [0.2, 0.25) is 0 Å². The Hall–Kier alpha value is -1.80. The molecule has 0 aromatic heterocycles. The third-order valence-electron chi connectivity index (χ3n) is 3.92. The van der Waals surface area contributed by atoms with Crippen LogP contribution in [0.25, 0.3) is 0 Å². The maximum atomic E-state index is 5.55. The van der Waals surface area contributed by atoms with Crippen LogP contribution in [0.3, 0.4) is 0 Å². The van der Waals surface area contributed by atoms with Gasteiger partial charge in [-0.15, -0.1) is 0 Å². The van der Waals surface area contributed by atoms with Gasteiger partial charge >= 0.3 is 0 Å². The summed E-state index contributed by atoms with van der Waals surface area (Å²) < 4.78 is 5.55. The molecule has 20 heavy (non-hydrogen) atoms. The molecule has 1 N–H and O–H groups in total. The highest BCUT2D eigenvalue weighted by atomic mass is 16.5. The molecule has 1 aliphatic rings. The number of rotatable bonds is 5. The van der Waals surface area contributed by atoms with Crippen LogP contribution in [0.1, 0.15) is 36.1 Å². The molecule has 2 aromatic carbocycles. The highest BCUT2D eigenvalue weighted by Crippen LogP contribution is 2.26. The molecule has 0 spiro atoms.